The van der Waals surface area contributed by atoms with Crippen LogP contribution in [0.4, 0.5) is 0 Å². The number of allylic oxidation sites excluding steroid dienone is 3. The van der Waals surface area contributed by atoms with Gasteiger partial charge in [-0.15, -0.1) is 0 Å². The number of rotatable bonds is 28. The van der Waals surface area contributed by atoms with Crippen molar-refractivity contribution in [3.8, 4) is 0 Å². The van der Waals surface area contributed by atoms with Crippen molar-refractivity contribution < 1.29 is 34.3 Å². The number of carbonyl (C=O) groups excluding carboxylic acids is 1. The second-order valence-electron chi connectivity index (χ2n) is 22.7. The van der Waals surface area contributed by atoms with E-state index in [4.69, 9.17) is 14.2 Å². The van der Waals surface area contributed by atoms with Crippen LogP contribution < -0.4 is 0 Å². The first kappa shape index (κ1) is 52.7. The Morgan fingerprint density at radius 3 is 2.05 bits per heavy atom. The zero-order valence-electron chi connectivity index (χ0n) is 41.7. The Balaban J connectivity index is 0.962. The fourth-order valence-corrected chi connectivity index (χ4v) is 13.4. The second-order valence-corrected chi connectivity index (χ2v) is 22.7. The average molecular weight is 883 g/mol. The maximum Gasteiger partial charge on any atom is 0.305 e. The molecule has 1 aliphatic heterocycles. The lowest BCUT2D eigenvalue weighted by atomic mass is 9.47. The molecule has 14 atom stereocenters. The van der Waals surface area contributed by atoms with Crippen LogP contribution in [0.2, 0.25) is 0 Å². The van der Waals surface area contributed by atoms with Gasteiger partial charge in [-0.25, -0.2) is 0 Å². The fourth-order valence-electron chi connectivity index (χ4n) is 13.4. The maximum atomic E-state index is 12.7. The summed E-state index contributed by atoms with van der Waals surface area (Å²) in [4.78, 5) is 12.7. The van der Waals surface area contributed by atoms with Gasteiger partial charge in [0.2, 0.25) is 0 Å². The number of aliphatic hydroxyl groups excluding tert-OH is 3. The number of aliphatic hydroxyl groups is 3. The Kier molecular flexibility index (Phi) is 22.0. The minimum atomic E-state index is -1.44. The highest BCUT2D eigenvalue weighted by Crippen LogP contribution is 2.67. The molecule has 0 aromatic rings. The maximum absolute atomic E-state index is 12.7. The molecule has 63 heavy (non-hydrogen) atoms. The summed E-state index contributed by atoms with van der Waals surface area (Å²) in [6, 6.07) is 0. The summed E-state index contributed by atoms with van der Waals surface area (Å²) < 4.78 is 18.1. The quantitative estimate of drug-likeness (QED) is 0.0408. The molecule has 3 N–H and O–H groups in total. The number of esters is 1. The van der Waals surface area contributed by atoms with Crippen LogP contribution in [-0.4, -0.2) is 64.7 Å². The summed E-state index contributed by atoms with van der Waals surface area (Å²) >= 11 is 0. The average Bonchev–Trinajstić information content (AvgIpc) is 3.63. The van der Waals surface area contributed by atoms with Gasteiger partial charge in [0.1, 0.15) is 31.0 Å². The van der Waals surface area contributed by atoms with Gasteiger partial charge in [-0.05, 0) is 136 Å². The van der Waals surface area contributed by atoms with Crippen molar-refractivity contribution in [3.05, 3.63) is 23.8 Å². The van der Waals surface area contributed by atoms with Crippen LogP contribution in [0.15, 0.2) is 23.8 Å². The van der Waals surface area contributed by atoms with E-state index in [-0.39, 0.29) is 24.1 Å². The highest BCUT2D eigenvalue weighted by molar-refractivity contribution is 5.69. The first-order valence-corrected chi connectivity index (χ1v) is 27.1. The molecule has 3 unspecified atom stereocenters. The Labute approximate surface area is 386 Å². The monoisotopic (exact) mass is 883 g/mol. The Bertz CT molecular complexity index is 1380. The van der Waals surface area contributed by atoms with E-state index in [9.17, 15) is 20.1 Å². The molecule has 3 saturated carbocycles. The minimum Gasteiger partial charge on any atom is -0.463 e. The molecule has 7 heteroatoms. The molecule has 0 radical (unpaired) electrons. The predicted octanol–water partition coefficient (Wildman–Crippen LogP) is 13.6. The summed E-state index contributed by atoms with van der Waals surface area (Å²) in [5.41, 5.74) is 2.12. The zero-order valence-corrected chi connectivity index (χ0v) is 41.7. The number of fused-ring (bicyclic) bond motifs is 5. The molecule has 4 fully saturated rings. The lowest BCUT2D eigenvalue weighted by Crippen LogP contribution is -2.60. The predicted molar refractivity (Wildman–Crippen MR) is 258 cm³/mol. The van der Waals surface area contributed by atoms with Crippen LogP contribution >= 0.6 is 0 Å². The van der Waals surface area contributed by atoms with Gasteiger partial charge in [0, 0.05) is 6.42 Å². The molecule has 0 bridgehead atoms. The molecule has 5 aliphatic rings. The number of ether oxygens (including phenoxy) is 3. The van der Waals surface area contributed by atoms with Gasteiger partial charge in [0.05, 0.1) is 6.10 Å². The molecular formula is C56H98O7. The summed E-state index contributed by atoms with van der Waals surface area (Å²) in [7, 11) is 0. The third-order valence-corrected chi connectivity index (χ3v) is 18.1. The first-order valence-electron chi connectivity index (χ1n) is 27.1. The number of hydrogen-bond donors (Lipinski definition) is 3. The van der Waals surface area contributed by atoms with Crippen molar-refractivity contribution in [1.82, 2.24) is 0 Å². The van der Waals surface area contributed by atoms with Crippen LogP contribution in [0.1, 0.15) is 228 Å². The van der Waals surface area contributed by atoms with Gasteiger partial charge in [0.15, 0.2) is 6.29 Å². The van der Waals surface area contributed by atoms with Gasteiger partial charge in [-0.2, -0.15) is 0 Å². The van der Waals surface area contributed by atoms with Crippen molar-refractivity contribution in [1.29, 1.82) is 0 Å². The lowest BCUT2D eigenvalue weighted by Gasteiger charge is -2.58. The van der Waals surface area contributed by atoms with Crippen molar-refractivity contribution in [3.63, 3.8) is 0 Å². The van der Waals surface area contributed by atoms with E-state index in [1.54, 1.807) is 0 Å². The fraction of sp³-hybridized carbons (Fsp3) is 0.911. The Hall–Kier alpha value is -1.25. The molecule has 5 rings (SSSR count). The molecule has 0 amide bonds. The molecule has 364 valence electrons. The van der Waals surface area contributed by atoms with Gasteiger partial charge < -0.3 is 29.5 Å². The normalized spacial score (nSPS) is 35.3. The highest BCUT2D eigenvalue weighted by Gasteiger charge is 2.59. The third-order valence-electron chi connectivity index (χ3n) is 18.1. The molecule has 7 nitrogen and oxygen atoms in total. The lowest BCUT2D eigenvalue weighted by molar-refractivity contribution is -0.313. The molecule has 4 aliphatic carbocycles. The van der Waals surface area contributed by atoms with Crippen LogP contribution in [-0.2, 0) is 19.0 Å². The van der Waals surface area contributed by atoms with Gasteiger partial charge in [0.25, 0.3) is 0 Å². The van der Waals surface area contributed by atoms with Crippen molar-refractivity contribution >= 4 is 5.97 Å². The smallest absolute Gasteiger partial charge is 0.305 e. The number of hydrogen-bond acceptors (Lipinski definition) is 7. The van der Waals surface area contributed by atoms with Crippen LogP contribution in [0, 0.1) is 52.3 Å². The number of unbranched alkanes of at least 4 members (excludes halogenated alkanes) is 15. The summed E-state index contributed by atoms with van der Waals surface area (Å²) in [5, 5.41) is 32.6. The molecule has 0 aromatic carbocycles. The molecule has 0 spiro atoms. The van der Waals surface area contributed by atoms with E-state index in [1.807, 2.05) is 0 Å². The first-order chi connectivity index (χ1) is 30.3. The van der Waals surface area contributed by atoms with Crippen LogP contribution in [0.3, 0.4) is 0 Å². The standard InChI is InChI=1S/C56H98O7/c1-8-9-10-11-12-13-14-15-16-17-18-19-20-21-22-23-24-25-26-27-50(57)61-39-49-51(58)52(59)53(60)54(63-49)62-44-34-36-55(6)43(38-44)30-31-45-47-33-32-46(56(47,7)37-35-48(45)55)42(5)29-28-41(4)40(2)3/h15-16,30,40-42,44-49,51-54,58-60H,8-14,17-29,31-39H2,1-7H3/b16-15-/t41-,42-,44+,45+,46-,47+,48+,49?,51-,52?,53?,54-,55+,56-/m1/s1. The SMILES string of the molecule is CCCCCCCC/C=C\CCCCCCCCCCCC(=O)OCC1O[C@@H](O[C@H]2CC[C@@]3(C)C(=CC[C@H]4[C@@H]5CC[C@H]([C@H](C)CC[C@@H](C)C(C)C)[C@@]5(C)CC[C@@H]43)C2)C(O)C(O)[C@@H]1O. The minimum absolute atomic E-state index is 0.142. The molecular weight excluding hydrogens is 785 g/mol. The van der Waals surface area contributed by atoms with Crippen molar-refractivity contribution in [2.24, 2.45) is 52.3 Å². The van der Waals surface area contributed by atoms with E-state index in [1.165, 1.54) is 134 Å². The molecule has 1 heterocycles. The Morgan fingerprint density at radius 1 is 0.762 bits per heavy atom. The van der Waals surface area contributed by atoms with Crippen LogP contribution in [0.25, 0.3) is 0 Å². The van der Waals surface area contributed by atoms with E-state index in [0.29, 0.717) is 17.8 Å². The molecule has 1 saturated heterocycles. The number of carbonyl (C=O) groups is 1. The Morgan fingerprint density at radius 2 is 1.40 bits per heavy atom. The van der Waals surface area contributed by atoms with E-state index in [0.717, 1.165) is 80.5 Å². The second kappa shape index (κ2) is 26.3. The van der Waals surface area contributed by atoms with Crippen molar-refractivity contribution in [2.75, 3.05) is 6.61 Å². The third kappa shape index (κ3) is 14.6. The summed E-state index contributed by atoms with van der Waals surface area (Å²) in [6.07, 6.45) is 34.5. The largest absolute Gasteiger partial charge is 0.463 e. The summed E-state index contributed by atoms with van der Waals surface area (Å²) in [6.45, 7) is 17.0. The highest BCUT2D eigenvalue weighted by atomic mass is 16.7. The topological polar surface area (TPSA) is 105 Å². The summed E-state index contributed by atoms with van der Waals surface area (Å²) in [5.74, 6) is 5.16. The van der Waals surface area contributed by atoms with E-state index >= 15 is 0 Å². The van der Waals surface area contributed by atoms with E-state index in [2.05, 4.69) is 66.7 Å². The van der Waals surface area contributed by atoms with Crippen molar-refractivity contribution in [2.45, 2.75) is 265 Å². The van der Waals surface area contributed by atoms with Gasteiger partial charge in [-0.1, -0.05) is 162 Å². The molecule has 0 aromatic heterocycles. The van der Waals surface area contributed by atoms with Crippen LogP contribution in [0.5, 0.6) is 0 Å². The van der Waals surface area contributed by atoms with E-state index < -0.39 is 30.7 Å². The van der Waals surface area contributed by atoms with Gasteiger partial charge in [-0.3, -0.25) is 4.79 Å². The van der Waals surface area contributed by atoms with Gasteiger partial charge >= 0.3 is 5.97 Å². The zero-order chi connectivity index (χ0) is 45.4.